The van der Waals surface area contributed by atoms with Crippen molar-refractivity contribution in [3.63, 3.8) is 0 Å². The Kier molecular flexibility index (Phi) is 3.88. The molecule has 2 rings (SSSR count). The minimum absolute atomic E-state index is 0.0465. The van der Waals surface area contributed by atoms with Crippen LogP contribution in [0.4, 0.5) is 11.4 Å². The van der Waals surface area contributed by atoms with E-state index in [4.69, 9.17) is 10.2 Å². The summed E-state index contributed by atoms with van der Waals surface area (Å²) in [5.74, 6) is 2.42. The second-order valence-electron chi connectivity index (χ2n) is 3.72. The van der Waals surface area contributed by atoms with Crippen LogP contribution in [0.2, 0.25) is 0 Å². The molecule has 0 saturated carbocycles. The number of benzene rings is 1. The zero-order valence-electron chi connectivity index (χ0n) is 9.54. The van der Waals surface area contributed by atoms with E-state index in [1.165, 1.54) is 6.07 Å². The highest BCUT2D eigenvalue weighted by Gasteiger charge is 2.10. The molecule has 0 saturated heterocycles. The summed E-state index contributed by atoms with van der Waals surface area (Å²) in [7, 11) is 0. The van der Waals surface area contributed by atoms with Gasteiger partial charge in [-0.1, -0.05) is 6.07 Å². The lowest BCUT2D eigenvalue weighted by Gasteiger charge is -2.02. The molecular formula is C12H12N2O3S. The lowest BCUT2D eigenvalue weighted by molar-refractivity contribution is -0.383. The second kappa shape index (κ2) is 5.59. The average Bonchev–Trinajstić information content (AvgIpc) is 2.81. The number of rotatable bonds is 5. The van der Waals surface area contributed by atoms with Gasteiger partial charge in [-0.15, -0.1) is 11.8 Å². The largest absolute Gasteiger partial charge is 0.468 e. The molecule has 1 aromatic carbocycles. The first-order chi connectivity index (χ1) is 8.66. The first-order valence-electron chi connectivity index (χ1n) is 5.30. The molecule has 0 aliphatic heterocycles. The van der Waals surface area contributed by atoms with Crippen molar-refractivity contribution < 1.29 is 9.34 Å². The predicted molar refractivity (Wildman–Crippen MR) is 71.2 cm³/mol. The summed E-state index contributed by atoms with van der Waals surface area (Å²) in [6.07, 6.45) is 1.64. The Balaban J connectivity index is 1.94. The molecule has 1 heterocycles. The van der Waals surface area contributed by atoms with Crippen molar-refractivity contribution in [2.24, 2.45) is 0 Å². The maximum atomic E-state index is 10.6. The molecule has 0 aliphatic carbocycles. The molecule has 1 aromatic heterocycles. The monoisotopic (exact) mass is 264 g/mol. The van der Waals surface area contributed by atoms with Crippen LogP contribution in [0.1, 0.15) is 11.3 Å². The standard InChI is InChI=1S/C12H12N2O3S/c13-11-6-9(3-4-12(11)14(15)16)7-18-8-10-2-1-5-17-10/h1-6H,7-8,13H2. The number of anilines is 1. The highest BCUT2D eigenvalue weighted by atomic mass is 32.2. The van der Waals surface area contributed by atoms with Gasteiger partial charge in [0.05, 0.1) is 16.9 Å². The molecule has 0 unspecified atom stereocenters. The summed E-state index contributed by atoms with van der Waals surface area (Å²) in [5.41, 5.74) is 6.74. The normalized spacial score (nSPS) is 10.4. The molecule has 2 N–H and O–H groups in total. The van der Waals surface area contributed by atoms with Crippen LogP contribution in [0.25, 0.3) is 0 Å². The van der Waals surface area contributed by atoms with Crippen LogP contribution in [-0.2, 0) is 11.5 Å². The molecule has 0 bridgehead atoms. The number of hydrogen-bond acceptors (Lipinski definition) is 5. The fourth-order valence-electron chi connectivity index (χ4n) is 1.52. The van der Waals surface area contributed by atoms with Crippen molar-refractivity contribution in [2.45, 2.75) is 11.5 Å². The number of nitrogen functional groups attached to an aromatic ring is 1. The fraction of sp³-hybridized carbons (Fsp3) is 0.167. The molecule has 18 heavy (non-hydrogen) atoms. The van der Waals surface area contributed by atoms with Crippen molar-refractivity contribution in [1.29, 1.82) is 0 Å². The maximum Gasteiger partial charge on any atom is 0.292 e. The third kappa shape index (κ3) is 3.04. The molecule has 0 radical (unpaired) electrons. The van der Waals surface area contributed by atoms with E-state index in [-0.39, 0.29) is 11.4 Å². The number of thioether (sulfide) groups is 1. The Hall–Kier alpha value is -1.95. The minimum atomic E-state index is -0.477. The summed E-state index contributed by atoms with van der Waals surface area (Å²) in [6, 6.07) is 8.58. The highest BCUT2D eigenvalue weighted by Crippen LogP contribution is 2.25. The quantitative estimate of drug-likeness (QED) is 0.509. The molecule has 0 atom stereocenters. The number of furan rings is 1. The van der Waals surface area contributed by atoms with E-state index in [2.05, 4.69) is 0 Å². The number of nitro groups is 1. The van der Waals surface area contributed by atoms with Gasteiger partial charge in [0.15, 0.2) is 0 Å². The second-order valence-corrected chi connectivity index (χ2v) is 4.71. The Morgan fingerprint density at radius 3 is 2.78 bits per heavy atom. The van der Waals surface area contributed by atoms with Crippen LogP contribution in [0, 0.1) is 10.1 Å². The zero-order valence-corrected chi connectivity index (χ0v) is 10.4. The molecule has 0 amide bonds. The van der Waals surface area contributed by atoms with Crippen LogP contribution in [-0.4, -0.2) is 4.92 Å². The van der Waals surface area contributed by atoms with Gasteiger partial charge in [0.1, 0.15) is 11.4 Å². The Bertz CT molecular complexity index is 540. The molecule has 5 nitrogen and oxygen atoms in total. The smallest absolute Gasteiger partial charge is 0.292 e. The first-order valence-corrected chi connectivity index (χ1v) is 6.45. The van der Waals surface area contributed by atoms with E-state index in [1.54, 1.807) is 30.2 Å². The number of nitrogens with two attached hydrogens (primary N) is 1. The lowest BCUT2D eigenvalue weighted by Crippen LogP contribution is -1.96. The van der Waals surface area contributed by atoms with Crippen molar-refractivity contribution >= 4 is 23.1 Å². The Labute approximate surface area is 108 Å². The van der Waals surface area contributed by atoms with Gasteiger partial charge < -0.3 is 10.2 Å². The maximum absolute atomic E-state index is 10.6. The van der Waals surface area contributed by atoms with Crippen LogP contribution in [0.3, 0.4) is 0 Å². The van der Waals surface area contributed by atoms with Crippen LogP contribution < -0.4 is 5.73 Å². The number of nitrogens with zero attached hydrogens (tertiary/aromatic N) is 1. The molecule has 0 spiro atoms. The summed E-state index contributed by atoms with van der Waals surface area (Å²) >= 11 is 1.67. The van der Waals surface area contributed by atoms with E-state index < -0.39 is 4.92 Å². The van der Waals surface area contributed by atoms with E-state index in [9.17, 15) is 10.1 Å². The SMILES string of the molecule is Nc1cc(CSCc2ccco2)ccc1[N+](=O)[O-]. The van der Waals surface area contributed by atoms with Crippen molar-refractivity contribution in [3.8, 4) is 0 Å². The van der Waals surface area contributed by atoms with Gasteiger partial charge in [-0.2, -0.15) is 0 Å². The van der Waals surface area contributed by atoms with Crippen LogP contribution in [0.15, 0.2) is 41.0 Å². The van der Waals surface area contributed by atoms with Gasteiger partial charge in [0.2, 0.25) is 0 Å². The van der Waals surface area contributed by atoms with Gasteiger partial charge in [-0.05, 0) is 23.8 Å². The topological polar surface area (TPSA) is 82.3 Å². The average molecular weight is 264 g/mol. The Morgan fingerprint density at radius 2 is 2.17 bits per heavy atom. The molecule has 94 valence electrons. The van der Waals surface area contributed by atoms with Crippen molar-refractivity contribution in [1.82, 2.24) is 0 Å². The molecule has 0 aliphatic rings. The molecule has 6 heteroatoms. The lowest BCUT2D eigenvalue weighted by atomic mass is 10.2. The fourth-order valence-corrected chi connectivity index (χ4v) is 2.41. The van der Waals surface area contributed by atoms with E-state index >= 15 is 0 Å². The Morgan fingerprint density at radius 1 is 1.33 bits per heavy atom. The van der Waals surface area contributed by atoms with Crippen molar-refractivity contribution in [3.05, 3.63) is 58.0 Å². The van der Waals surface area contributed by atoms with Gasteiger partial charge in [0, 0.05) is 11.8 Å². The third-order valence-corrected chi connectivity index (χ3v) is 3.41. The van der Waals surface area contributed by atoms with Gasteiger partial charge >= 0.3 is 0 Å². The first kappa shape index (κ1) is 12.5. The van der Waals surface area contributed by atoms with Crippen LogP contribution >= 0.6 is 11.8 Å². The van der Waals surface area contributed by atoms with Gasteiger partial charge in [-0.3, -0.25) is 10.1 Å². The summed E-state index contributed by atoms with van der Waals surface area (Å²) < 4.78 is 5.21. The highest BCUT2D eigenvalue weighted by molar-refractivity contribution is 7.97. The summed E-state index contributed by atoms with van der Waals surface area (Å²) in [5, 5.41) is 10.6. The summed E-state index contributed by atoms with van der Waals surface area (Å²) in [4.78, 5) is 10.1. The van der Waals surface area contributed by atoms with E-state index in [0.717, 1.165) is 22.8 Å². The predicted octanol–water partition coefficient (Wildman–Crippen LogP) is 3.20. The van der Waals surface area contributed by atoms with Crippen LogP contribution in [0.5, 0.6) is 0 Å². The molecular weight excluding hydrogens is 252 g/mol. The van der Waals surface area contributed by atoms with Gasteiger partial charge in [-0.25, -0.2) is 0 Å². The zero-order chi connectivity index (χ0) is 13.0. The van der Waals surface area contributed by atoms with E-state index in [0.29, 0.717) is 0 Å². The number of hydrogen-bond donors (Lipinski definition) is 1. The molecule has 0 fully saturated rings. The number of nitro benzene ring substituents is 1. The molecule has 2 aromatic rings. The third-order valence-electron chi connectivity index (χ3n) is 2.38. The summed E-state index contributed by atoms with van der Waals surface area (Å²) in [6.45, 7) is 0. The minimum Gasteiger partial charge on any atom is -0.468 e. The van der Waals surface area contributed by atoms with Gasteiger partial charge in [0.25, 0.3) is 5.69 Å². The van der Waals surface area contributed by atoms with E-state index in [1.807, 2.05) is 12.1 Å². The van der Waals surface area contributed by atoms with Crippen molar-refractivity contribution in [2.75, 3.05) is 5.73 Å².